The van der Waals surface area contributed by atoms with Gasteiger partial charge in [-0.15, -0.1) is 0 Å². The lowest BCUT2D eigenvalue weighted by atomic mass is 9.87. The zero-order chi connectivity index (χ0) is 16.1. The molecule has 122 valence electrons. The zero-order valence-electron chi connectivity index (χ0n) is 13.4. The van der Waals surface area contributed by atoms with Crippen molar-refractivity contribution in [1.82, 2.24) is 5.32 Å². The first-order chi connectivity index (χ1) is 10.6. The first-order valence-electron chi connectivity index (χ1n) is 7.76. The number of rotatable bonds is 6. The molecule has 2 unspecified atom stereocenters. The topological polar surface area (TPSA) is 67.8 Å². The van der Waals surface area contributed by atoms with Crippen LogP contribution in [-0.2, 0) is 9.47 Å². The van der Waals surface area contributed by atoms with Crippen LogP contribution in [0, 0.1) is 5.92 Å². The van der Waals surface area contributed by atoms with Crippen LogP contribution in [0.5, 0.6) is 0 Å². The van der Waals surface area contributed by atoms with Gasteiger partial charge in [-0.25, -0.2) is 0 Å². The summed E-state index contributed by atoms with van der Waals surface area (Å²) >= 11 is 0. The van der Waals surface area contributed by atoms with Gasteiger partial charge in [0.15, 0.2) is 12.1 Å². The second-order valence-corrected chi connectivity index (χ2v) is 5.73. The summed E-state index contributed by atoms with van der Waals surface area (Å²) in [7, 11) is 1.58. The molecule has 5 nitrogen and oxygen atoms in total. The predicted octanol–water partition coefficient (Wildman–Crippen LogP) is 1.61. The van der Waals surface area contributed by atoms with E-state index in [-0.39, 0.29) is 30.4 Å². The van der Waals surface area contributed by atoms with E-state index in [1.165, 1.54) is 0 Å². The average molecular weight is 307 g/mol. The number of ketones is 1. The van der Waals surface area contributed by atoms with E-state index in [0.29, 0.717) is 5.56 Å². The lowest BCUT2D eigenvalue weighted by Gasteiger charge is -2.43. The molecule has 0 aliphatic carbocycles. The van der Waals surface area contributed by atoms with Gasteiger partial charge in [-0.05, 0) is 6.42 Å². The van der Waals surface area contributed by atoms with Crippen molar-refractivity contribution in [3.63, 3.8) is 0 Å². The number of carbonyl (C=O) groups is 1. The van der Waals surface area contributed by atoms with E-state index in [1.807, 2.05) is 32.0 Å². The minimum Gasteiger partial charge on any atom is -0.390 e. The van der Waals surface area contributed by atoms with Gasteiger partial charge in [0.25, 0.3) is 0 Å². The first kappa shape index (κ1) is 17.1. The third-order valence-electron chi connectivity index (χ3n) is 4.32. The Morgan fingerprint density at radius 2 is 2.05 bits per heavy atom. The molecule has 0 saturated carbocycles. The summed E-state index contributed by atoms with van der Waals surface area (Å²) in [6, 6.07) is 8.92. The minimum absolute atomic E-state index is 0.00904. The van der Waals surface area contributed by atoms with E-state index in [1.54, 1.807) is 19.2 Å². The molecule has 1 heterocycles. The van der Waals surface area contributed by atoms with E-state index in [4.69, 9.17) is 9.47 Å². The van der Waals surface area contributed by atoms with Gasteiger partial charge in [-0.3, -0.25) is 4.79 Å². The molecule has 0 aromatic heterocycles. The Morgan fingerprint density at radius 1 is 1.36 bits per heavy atom. The minimum atomic E-state index is -0.569. The number of aliphatic hydroxyl groups excluding tert-OH is 1. The molecule has 1 aliphatic rings. The maximum atomic E-state index is 12.2. The number of nitrogens with one attached hydrogen (secondary N) is 1. The Labute approximate surface area is 131 Å². The number of hydrogen-bond donors (Lipinski definition) is 2. The van der Waals surface area contributed by atoms with Gasteiger partial charge in [0.1, 0.15) is 0 Å². The fourth-order valence-corrected chi connectivity index (χ4v) is 2.89. The molecule has 0 radical (unpaired) electrons. The predicted molar refractivity (Wildman–Crippen MR) is 83.7 cm³/mol. The number of Topliss-reactive ketones (excluding diaryl/α,β-unsaturated/α-hetero) is 1. The molecule has 2 rings (SSSR count). The van der Waals surface area contributed by atoms with Crippen molar-refractivity contribution in [2.75, 3.05) is 13.7 Å². The summed E-state index contributed by atoms with van der Waals surface area (Å²) in [5.41, 5.74) is 0.667. The summed E-state index contributed by atoms with van der Waals surface area (Å²) in [6.07, 6.45) is -0.545. The van der Waals surface area contributed by atoms with Crippen LogP contribution in [0.2, 0.25) is 0 Å². The van der Waals surface area contributed by atoms with E-state index in [0.717, 1.165) is 6.42 Å². The Hall–Kier alpha value is -1.27. The van der Waals surface area contributed by atoms with E-state index >= 15 is 0 Å². The van der Waals surface area contributed by atoms with Crippen LogP contribution in [0.3, 0.4) is 0 Å². The molecule has 2 N–H and O–H groups in total. The number of hydrogen-bond acceptors (Lipinski definition) is 5. The molecule has 1 fully saturated rings. The second kappa shape index (κ2) is 7.83. The highest BCUT2D eigenvalue weighted by molar-refractivity contribution is 5.97. The highest BCUT2D eigenvalue weighted by Gasteiger charge is 2.42. The molecular weight excluding hydrogens is 282 g/mol. The lowest BCUT2D eigenvalue weighted by molar-refractivity contribution is -0.242. The van der Waals surface area contributed by atoms with Crippen LogP contribution in [-0.4, -0.2) is 49.1 Å². The van der Waals surface area contributed by atoms with E-state index < -0.39 is 12.4 Å². The van der Waals surface area contributed by atoms with Gasteiger partial charge in [0.2, 0.25) is 0 Å². The molecule has 1 aliphatic heterocycles. The normalized spacial score (nSPS) is 31.9. The smallest absolute Gasteiger partial charge is 0.176 e. The Balaban J connectivity index is 1.99. The summed E-state index contributed by atoms with van der Waals surface area (Å²) in [5, 5.41) is 13.5. The van der Waals surface area contributed by atoms with Gasteiger partial charge in [0.05, 0.1) is 24.8 Å². The molecule has 0 spiro atoms. The van der Waals surface area contributed by atoms with Gasteiger partial charge in [-0.1, -0.05) is 44.2 Å². The van der Waals surface area contributed by atoms with Crippen molar-refractivity contribution in [2.24, 2.45) is 5.92 Å². The third kappa shape index (κ3) is 3.73. The van der Waals surface area contributed by atoms with E-state index in [2.05, 4.69) is 5.32 Å². The molecule has 0 bridgehead atoms. The van der Waals surface area contributed by atoms with Crippen molar-refractivity contribution in [1.29, 1.82) is 0 Å². The van der Waals surface area contributed by atoms with Crippen LogP contribution in [0.4, 0.5) is 0 Å². The van der Waals surface area contributed by atoms with Crippen LogP contribution in [0.1, 0.15) is 30.6 Å². The van der Waals surface area contributed by atoms with Crippen molar-refractivity contribution in [2.45, 2.75) is 44.8 Å². The summed E-state index contributed by atoms with van der Waals surface area (Å²) in [6.45, 7) is 4.11. The fourth-order valence-electron chi connectivity index (χ4n) is 2.89. The van der Waals surface area contributed by atoms with Crippen LogP contribution in [0.15, 0.2) is 30.3 Å². The van der Waals surface area contributed by atoms with Crippen LogP contribution < -0.4 is 5.32 Å². The number of ether oxygens (including phenoxy) is 2. The highest BCUT2D eigenvalue weighted by Crippen LogP contribution is 2.27. The third-order valence-corrected chi connectivity index (χ3v) is 4.32. The second-order valence-electron chi connectivity index (χ2n) is 5.73. The summed E-state index contributed by atoms with van der Waals surface area (Å²) in [5.74, 6) is -0.0537. The molecule has 5 atom stereocenters. The number of carbonyl (C=O) groups excluding carboxylic acids is 1. The number of benzene rings is 1. The quantitative estimate of drug-likeness (QED) is 0.782. The van der Waals surface area contributed by atoms with Gasteiger partial charge >= 0.3 is 0 Å². The van der Waals surface area contributed by atoms with Crippen LogP contribution in [0.25, 0.3) is 0 Å². The monoisotopic (exact) mass is 307 g/mol. The zero-order valence-corrected chi connectivity index (χ0v) is 13.4. The first-order valence-corrected chi connectivity index (χ1v) is 7.76. The SMILES string of the molecule is CCC1O[C@@H](OC)C(NCC(=O)c2ccccc2)[C@@H](C)[C@H]1O. The Kier molecular flexibility index (Phi) is 6.08. The Bertz CT molecular complexity index is 477. The summed E-state index contributed by atoms with van der Waals surface area (Å²) in [4.78, 5) is 12.2. The lowest BCUT2D eigenvalue weighted by Crippen LogP contribution is -2.59. The molecule has 5 heteroatoms. The van der Waals surface area contributed by atoms with Gasteiger partial charge in [0, 0.05) is 18.6 Å². The van der Waals surface area contributed by atoms with Crippen molar-refractivity contribution in [3.05, 3.63) is 35.9 Å². The molecule has 1 aromatic rings. The maximum absolute atomic E-state index is 12.2. The van der Waals surface area contributed by atoms with Gasteiger partial charge < -0.3 is 19.9 Å². The largest absolute Gasteiger partial charge is 0.390 e. The van der Waals surface area contributed by atoms with Gasteiger partial charge in [-0.2, -0.15) is 0 Å². The molecule has 22 heavy (non-hydrogen) atoms. The molecule has 0 amide bonds. The summed E-state index contributed by atoms with van der Waals surface area (Å²) < 4.78 is 11.2. The Morgan fingerprint density at radius 3 is 2.64 bits per heavy atom. The number of aliphatic hydroxyl groups is 1. The maximum Gasteiger partial charge on any atom is 0.176 e. The fraction of sp³-hybridized carbons (Fsp3) is 0.588. The molecule has 1 aromatic carbocycles. The standard InChI is InChI=1S/C17H25NO4/c1-4-14-16(20)11(2)15(17(21-3)22-14)18-10-13(19)12-8-6-5-7-9-12/h5-9,11,14-18,20H,4,10H2,1-3H3/t11-,14?,15?,16-,17-/m1/s1. The molecule has 1 saturated heterocycles. The highest BCUT2D eigenvalue weighted by atomic mass is 16.7. The van der Waals surface area contributed by atoms with Crippen molar-refractivity contribution >= 4 is 5.78 Å². The van der Waals surface area contributed by atoms with Crippen LogP contribution >= 0.6 is 0 Å². The van der Waals surface area contributed by atoms with Crippen molar-refractivity contribution in [3.8, 4) is 0 Å². The van der Waals surface area contributed by atoms with Crippen molar-refractivity contribution < 1.29 is 19.4 Å². The van der Waals surface area contributed by atoms with E-state index in [9.17, 15) is 9.90 Å². The average Bonchev–Trinajstić information content (AvgIpc) is 2.56. The number of methoxy groups -OCH3 is 1. The molecular formula is C17H25NO4.